The minimum atomic E-state index is -0.507. The van der Waals surface area contributed by atoms with Crippen molar-refractivity contribution in [3.63, 3.8) is 0 Å². The monoisotopic (exact) mass is 372 g/mol. The third-order valence-electron chi connectivity index (χ3n) is 3.40. The number of fused-ring (bicyclic) bond motifs is 1. The molecule has 0 radical (unpaired) electrons. The van der Waals surface area contributed by atoms with Crippen molar-refractivity contribution in [2.75, 3.05) is 5.73 Å². The number of carbonyl (C=O) groups is 1. The van der Waals surface area contributed by atoms with Crippen LogP contribution in [0.4, 0.5) is 10.2 Å². The summed E-state index contributed by atoms with van der Waals surface area (Å²) in [7, 11) is 0. The highest BCUT2D eigenvalue weighted by Gasteiger charge is 2.14. The summed E-state index contributed by atoms with van der Waals surface area (Å²) in [5, 5.41) is 3.18. The van der Waals surface area contributed by atoms with Gasteiger partial charge in [0.05, 0.1) is 22.3 Å². The van der Waals surface area contributed by atoms with Crippen LogP contribution in [0, 0.1) is 17.7 Å². The maximum absolute atomic E-state index is 13.1. The summed E-state index contributed by atoms with van der Waals surface area (Å²) < 4.78 is 13.1. The summed E-state index contributed by atoms with van der Waals surface area (Å²) in [4.78, 5) is 26.7. The molecule has 4 N–H and O–H groups in total. The van der Waals surface area contributed by atoms with Crippen LogP contribution >= 0.6 is 11.6 Å². The number of nitrogens with two attached hydrogens (primary N) is 1. The molecule has 26 heavy (non-hydrogen) atoms. The number of nitrogen functional groups attached to an aromatic ring is 1. The zero-order valence-electron chi connectivity index (χ0n) is 13.7. The molecule has 0 aliphatic carbocycles. The van der Waals surface area contributed by atoms with E-state index in [1.165, 1.54) is 18.3 Å². The molecular weight excluding hydrogens is 359 g/mol. The molecule has 0 unspecified atom stereocenters. The first-order chi connectivity index (χ1) is 12.4. The molecule has 3 aromatic rings. The Labute approximate surface area is 153 Å². The lowest BCUT2D eigenvalue weighted by atomic mass is 10.2. The van der Waals surface area contributed by atoms with E-state index in [0.717, 1.165) is 6.20 Å². The van der Waals surface area contributed by atoms with Gasteiger partial charge in [-0.15, -0.1) is 0 Å². The quantitative estimate of drug-likeness (QED) is 0.611. The van der Waals surface area contributed by atoms with Crippen molar-refractivity contribution in [3.8, 4) is 11.8 Å². The van der Waals surface area contributed by atoms with Crippen LogP contribution in [-0.2, 0) is 0 Å². The molecule has 0 saturated carbocycles. The number of hydrogen-bond acceptors (Lipinski definition) is 5. The van der Waals surface area contributed by atoms with E-state index >= 15 is 0 Å². The summed E-state index contributed by atoms with van der Waals surface area (Å²) in [5.74, 6) is 5.26. The van der Waals surface area contributed by atoms with Crippen molar-refractivity contribution < 1.29 is 9.18 Å². The van der Waals surface area contributed by atoms with Crippen LogP contribution in [0.2, 0.25) is 5.02 Å². The third kappa shape index (κ3) is 4.07. The number of nitrogens with zero attached hydrogens (tertiary/aromatic N) is 3. The van der Waals surface area contributed by atoms with Gasteiger partial charge in [0.1, 0.15) is 11.6 Å². The lowest BCUT2D eigenvalue weighted by molar-refractivity contribution is 0.0931. The van der Waals surface area contributed by atoms with Crippen molar-refractivity contribution in [2.45, 2.75) is 19.4 Å². The van der Waals surface area contributed by atoms with Gasteiger partial charge in [0.25, 0.3) is 5.91 Å². The van der Waals surface area contributed by atoms with E-state index in [2.05, 4.69) is 37.1 Å². The Morgan fingerprint density at radius 1 is 1.42 bits per heavy atom. The Kier molecular flexibility index (Phi) is 5.00. The van der Waals surface area contributed by atoms with Crippen LogP contribution in [0.15, 0.2) is 24.5 Å². The molecule has 0 aliphatic heterocycles. The highest BCUT2D eigenvalue weighted by atomic mass is 35.5. The van der Waals surface area contributed by atoms with Gasteiger partial charge < -0.3 is 16.0 Å². The average molecular weight is 373 g/mol. The second-order valence-corrected chi connectivity index (χ2v) is 5.99. The molecule has 0 aromatic carbocycles. The Hall–Kier alpha value is -3.18. The maximum Gasteiger partial charge on any atom is 0.287 e. The number of hydrogen-bond donors (Lipinski definition) is 3. The van der Waals surface area contributed by atoms with Gasteiger partial charge in [0.15, 0.2) is 11.5 Å². The second kappa shape index (κ2) is 7.37. The highest BCUT2D eigenvalue weighted by molar-refractivity contribution is 6.31. The Morgan fingerprint density at radius 2 is 2.23 bits per heavy atom. The van der Waals surface area contributed by atoms with Gasteiger partial charge in [-0.3, -0.25) is 4.79 Å². The van der Waals surface area contributed by atoms with Gasteiger partial charge in [0, 0.05) is 30.8 Å². The molecule has 9 heteroatoms. The SMILES string of the molecule is C[C@@H](CC#Cc1cnc(N)cc1Cl)NC(=O)c1nc2ncc(F)cc2[nH]1. The summed E-state index contributed by atoms with van der Waals surface area (Å²) in [6.07, 6.45) is 2.92. The molecule has 0 bridgehead atoms. The normalized spacial score (nSPS) is 11.7. The predicted octanol–water partition coefficient (Wildman–Crippen LogP) is 2.29. The third-order valence-corrected chi connectivity index (χ3v) is 3.72. The van der Waals surface area contributed by atoms with Crippen LogP contribution in [-0.4, -0.2) is 31.9 Å². The molecule has 0 saturated heterocycles. The minimum absolute atomic E-state index is 0.0590. The van der Waals surface area contributed by atoms with Crippen molar-refractivity contribution in [1.29, 1.82) is 0 Å². The molecule has 0 spiro atoms. The van der Waals surface area contributed by atoms with E-state index in [9.17, 15) is 9.18 Å². The van der Waals surface area contributed by atoms with Gasteiger partial charge in [-0.2, -0.15) is 0 Å². The van der Waals surface area contributed by atoms with Crippen LogP contribution in [0.25, 0.3) is 11.2 Å². The predicted molar refractivity (Wildman–Crippen MR) is 95.9 cm³/mol. The standard InChI is InChI=1S/C17H14ClFN6O/c1-9(3-2-4-10-7-21-14(20)6-12(10)18)23-17(26)16-24-13-5-11(19)8-22-15(13)25-16/h5-9H,3H2,1H3,(H2,20,21)(H,23,26)(H,22,24,25)/t9-/m0/s1. The van der Waals surface area contributed by atoms with Gasteiger partial charge in [-0.25, -0.2) is 19.3 Å². The number of aromatic amines is 1. The fourth-order valence-corrected chi connectivity index (χ4v) is 2.37. The van der Waals surface area contributed by atoms with Crippen molar-refractivity contribution in [1.82, 2.24) is 25.3 Å². The number of aromatic nitrogens is 4. The summed E-state index contributed by atoms with van der Waals surface area (Å²) in [5.41, 5.74) is 6.71. The zero-order valence-corrected chi connectivity index (χ0v) is 14.4. The number of halogens is 2. The fourth-order valence-electron chi connectivity index (χ4n) is 2.16. The fraction of sp³-hybridized carbons (Fsp3) is 0.176. The van der Waals surface area contributed by atoms with Crippen LogP contribution in [0.1, 0.15) is 29.5 Å². The molecule has 3 heterocycles. The van der Waals surface area contributed by atoms with E-state index in [4.69, 9.17) is 17.3 Å². The Morgan fingerprint density at radius 3 is 3.00 bits per heavy atom. The molecule has 132 valence electrons. The first-order valence-corrected chi connectivity index (χ1v) is 8.02. The van der Waals surface area contributed by atoms with E-state index in [0.29, 0.717) is 28.3 Å². The van der Waals surface area contributed by atoms with E-state index in [1.807, 2.05) is 0 Å². The number of imidazole rings is 1. The van der Waals surface area contributed by atoms with Gasteiger partial charge in [-0.1, -0.05) is 23.4 Å². The highest BCUT2D eigenvalue weighted by Crippen LogP contribution is 2.15. The number of pyridine rings is 2. The zero-order chi connectivity index (χ0) is 18.7. The summed E-state index contributed by atoms with van der Waals surface area (Å²) in [6, 6.07) is 2.51. The smallest absolute Gasteiger partial charge is 0.287 e. The number of rotatable bonds is 3. The first kappa shape index (κ1) is 17.6. The minimum Gasteiger partial charge on any atom is -0.384 e. The largest absolute Gasteiger partial charge is 0.384 e. The summed E-state index contributed by atoms with van der Waals surface area (Å²) >= 11 is 6.02. The van der Waals surface area contributed by atoms with Gasteiger partial charge >= 0.3 is 0 Å². The van der Waals surface area contributed by atoms with Gasteiger partial charge in [0.2, 0.25) is 0 Å². The van der Waals surface area contributed by atoms with Crippen molar-refractivity contribution in [2.24, 2.45) is 0 Å². The average Bonchev–Trinajstić information content (AvgIpc) is 3.00. The van der Waals surface area contributed by atoms with Crippen LogP contribution in [0.5, 0.6) is 0 Å². The number of anilines is 1. The molecule has 0 fully saturated rings. The molecular formula is C17H14ClFN6O. The second-order valence-electron chi connectivity index (χ2n) is 5.58. The molecule has 3 rings (SSSR count). The molecule has 1 amide bonds. The molecule has 3 aromatic heterocycles. The number of nitrogens with one attached hydrogen (secondary N) is 2. The van der Waals surface area contributed by atoms with Crippen molar-refractivity contribution in [3.05, 3.63) is 46.8 Å². The van der Waals surface area contributed by atoms with Crippen molar-refractivity contribution >= 4 is 34.5 Å². The Balaban J connectivity index is 1.63. The topological polar surface area (TPSA) is 110 Å². The van der Waals surface area contributed by atoms with Crippen LogP contribution in [0.3, 0.4) is 0 Å². The lowest BCUT2D eigenvalue weighted by Crippen LogP contribution is -2.32. The van der Waals surface area contributed by atoms with E-state index < -0.39 is 11.7 Å². The van der Waals surface area contributed by atoms with Gasteiger partial charge in [-0.05, 0) is 6.92 Å². The first-order valence-electron chi connectivity index (χ1n) is 7.64. The van der Waals surface area contributed by atoms with E-state index in [1.54, 1.807) is 6.92 Å². The van der Waals surface area contributed by atoms with Crippen LogP contribution < -0.4 is 11.1 Å². The number of amides is 1. The maximum atomic E-state index is 13.1. The summed E-state index contributed by atoms with van der Waals surface area (Å²) in [6.45, 7) is 1.80. The molecule has 7 nitrogen and oxygen atoms in total. The Bertz CT molecular complexity index is 1040. The molecule has 1 atom stereocenters. The lowest BCUT2D eigenvalue weighted by Gasteiger charge is -2.08. The number of H-pyrrole nitrogens is 1. The number of carbonyl (C=O) groups excluding carboxylic acids is 1. The van der Waals surface area contributed by atoms with E-state index in [-0.39, 0.29) is 17.5 Å². The molecule has 0 aliphatic rings.